The van der Waals surface area contributed by atoms with Gasteiger partial charge in [0.25, 0.3) is 17.7 Å². The summed E-state index contributed by atoms with van der Waals surface area (Å²) >= 11 is 6.08. The highest BCUT2D eigenvalue weighted by molar-refractivity contribution is 6.29. The number of carbonyl (C=O) groups excluding carboxylic acids is 3. The third-order valence-electron chi connectivity index (χ3n) is 21.0. The molecular formula is C77H81ClF2N11O9+. The number of hydrogen-bond acceptors (Lipinski definition) is 14. The standard InChI is InChI=1S/C77H80ClF2N11O9/c1-86-40-54-53(50-30-56(79)55(57(80)31-50)41-90-44-73(100-70-18-10-6-14-64(70)90)75(95)82-58-11-3-7-15-65(58)92)29-49(33-59(54)85-86)48-24-26-66(93)60(32-48)83-76(96)71-42-88(62-12-4-8-16-68(62)98-71)36-45-19-22-47(23-20-45)51-38-87(2)91(39-51)52-25-27-67(94)61(34-52)84-77(97)72-43-89(37-46-21-28-74(78)81-35-46)63-13-5-9-17-69(63)99-72/h4-6,8-10,12-14,16-23,28-31,33,35,38-40,48,52,58,60-61,65-67,71-73,92-94H,3,7,11,15,24-27,32,34,36-37,41-44H2,1-2H3,(H2-,82,83,84,95,96,97)/p+1. The molecule has 0 saturated heterocycles. The molecule has 3 amide bonds. The third-order valence-corrected chi connectivity index (χ3v) is 21.2. The van der Waals surface area contributed by atoms with Gasteiger partial charge in [0, 0.05) is 50.0 Å². The first kappa shape index (κ1) is 66.3. The van der Waals surface area contributed by atoms with Crippen LogP contribution in [0.2, 0.25) is 5.15 Å². The Morgan fingerprint density at radius 1 is 0.580 bits per heavy atom. The number of aromatic nitrogens is 5. The summed E-state index contributed by atoms with van der Waals surface area (Å²) in [6, 6.07) is 39.5. The van der Waals surface area contributed by atoms with E-state index in [0.29, 0.717) is 115 Å². The first-order chi connectivity index (χ1) is 48.5. The molecule has 6 heterocycles. The number of aliphatic hydroxyl groups is 3. The molecular weight excluding hydrogens is 1300 g/mol. The SMILES string of the molecule is Cn1cc2c(-c3cc(F)c(CN4CC(C(=O)NC5CCCCC5O)Oc5ccccc54)c(F)c3)cc(C3CCC(O)C(NC(=O)C4CN(Cc5ccc(-c6cn(C7CCC(O)C(NC(=O)C8CN(Cc9ccc(Cl)nc9)c9ccccc9O8)C7)[n+](C)c6)cc5)c5ccccc5O4)C3)cc2n1. The summed E-state index contributed by atoms with van der Waals surface area (Å²) < 4.78 is 58.2. The monoisotopic (exact) mass is 1380 g/mol. The Hall–Kier alpha value is -9.61. The van der Waals surface area contributed by atoms with Gasteiger partial charge in [-0.3, -0.25) is 19.1 Å². The van der Waals surface area contributed by atoms with Gasteiger partial charge >= 0.3 is 0 Å². The molecule has 9 aromatic rings. The number of nitrogens with one attached hydrogen (secondary N) is 3. The summed E-state index contributed by atoms with van der Waals surface area (Å²) in [7, 11) is 3.79. The molecule has 3 saturated carbocycles. The van der Waals surface area contributed by atoms with Crippen molar-refractivity contribution in [3.05, 3.63) is 197 Å². The van der Waals surface area contributed by atoms with E-state index >= 15 is 8.78 Å². The maximum absolute atomic E-state index is 16.7. The lowest BCUT2D eigenvalue weighted by atomic mass is 9.78. The highest BCUT2D eigenvalue weighted by atomic mass is 35.5. The first-order valence-electron chi connectivity index (χ1n) is 34.7. The largest absolute Gasteiger partial charge is 0.477 e. The van der Waals surface area contributed by atoms with Crippen molar-refractivity contribution in [1.82, 2.24) is 35.4 Å². The van der Waals surface area contributed by atoms with E-state index in [4.69, 9.17) is 30.9 Å². The quantitative estimate of drug-likeness (QED) is 0.0392. The van der Waals surface area contributed by atoms with Crippen LogP contribution in [0.15, 0.2) is 158 Å². The number of aryl methyl sites for hydroxylation is 2. The minimum absolute atomic E-state index is 0.00688. The zero-order valence-corrected chi connectivity index (χ0v) is 56.4. The summed E-state index contributed by atoms with van der Waals surface area (Å²) in [5.74, 6) is -1.13. The molecule has 15 rings (SSSR count). The number of fused-ring (bicyclic) bond motifs is 4. The lowest BCUT2D eigenvalue weighted by molar-refractivity contribution is -0.756. The number of rotatable bonds is 16. The molecule has 20 nitrogen and oxygen atoms in total. The van der Waals surface area contributed by atoms with Gasteiger partial charge in [0.1, 0.15) is 34.0 Å². The summed E-state index contributed by atoms with van der Waals surface area (Å²) in [5.41, 5.74) is 8.51. The van der Waals surface area contributed by atoms with Crippen molar-refractivity contribution < 1.29 is 57.4 Å². The molecule has 3 aliphatic heterocycles. The molecule has 11 unspecified atom stereocenters. The van der Waals surface area contributed by atoms with Crippen LogP contribution in [0.5, 0.6) is 17.2 Å². The number of carbonyl (C=O) groups is 3. The van der Waals surface area contributed by atoms with Crippen molar-refractivity contribution in [3.63, 3.8) is 0 Å². The zero-order valence-electron chi connectivity index (χ0n) is 55.7. The third kappa shape index (κ3) is 13.9. The van der Waals surface area contributed by atoms with E-state index in [0.717, 1.165) is 58.5 Å². The van der Waals surface area contributed by atoms with Crippen LogP contribution in [0.3, 0.4) is 0 Å². The van der Waals surface area contributed by atoms with Crippen LogP contribution < -0.4 is 49.5 Å². The van der Waals surface area contributed by atoms with Crippen molar-refractivity contribution in [3.8, 4) is 39.5 Å². The Morgan fingerprint density at radius 2 is 1.11 bits per heavy atom. The Labute approximate surface area is 583 Å². The van der Waals surface area contributed by atoms with Gasteiger partial charge < -0.3 is 60.2 Å². The van der Waals surface area contributed by atoms with Gasteiger partial charge in [-0.05, 0) is 151 Å². The number of ether oxygens (including phenoxy) is 3. The van der Waals surface area contributed by atoms with Crippen LogP contribution in [0, 0.1) is 11.6 Å². The molecule has 0 radical (unpaired) electrons. The van der Waals surface area contributed by atoms with Crippen LogP contribution in [0.25, 0.3) is 33.2 Å². The Kier molecular flexibility index (Phi) is 18.7. The van der Waals surface area contributed by atoms with Crippen LogP contribution in [0.4, 0.5) is 25.8 Å². The topological polar surface area (TPSA) is 225 Å². The number of nitrogens with zero attached hydrogens (tertiary/aromatic N) is 8. The fourth-order valence-electron chi connectivity index (χ4n) is 15.7. The van der Waals surface area contributed by atoms with E-state index in [1.165, 1.54) is 12.1 Å². The molecule has 3 fully saturated rings. The molecule has 23 heteroatoms. The maximum atomic E-state index is 16.7. The van der Waals surface area contributed by atoms with Gasteiger partial charge in [-0.1, -0.05) is 97.2 Å². The van der Waals surface area contributed by atoms with Gasteiger partial charge in [-0.2, -0.15) is 9.78 Å². The van der Waals surface area contributed by atoms with Gasteiger partial charge in [0.2, 0.25) is 6.20 Å². The van der Waals surface area contributed by atoms with Crippen LogP contribution >= 0.6 is 11.6 Å². The molecule has 0 bridgehead atoms. The number of hydrogen-bond donors (Lipinski definition) is 6. The van der Waals surface area contributed by atoms with E-state index in [1.807, 2.05) is 80.0 Å². The number of aliphatic hydroxyl groups excluding tert-OH is 3. The average molecular weight is 1380 g/mol. The number of pyridine rings is 1. The second kappa shape index (κ2) is 28.2. The van der Waals surface area contributed by atoms with E-state index in [2.05, 4.69) is 76.8 Å². The van der Waals surface area contributed by atoms with Crippen molar-refractivity contribution in [2.24, 2.45) is 14.1 Å². The van der Waals surface area contributed by atoms with Gasteiger partial charge in [-0.25, -0.2) is 13.8 Å². The molecule has 518 valence electrons. The molecule has 11 atom stereocenters. The molecule has 100 heavy (non-hydrogen) atoms. The first-order valence-corrected chi connectivity index (χ1v) is 35.1. The van der Waals surface area contributed by atoms with Crippen LogP contribution in [-0.4, -0.2) is 127 Å². The van der Waals surface area contributed by atoms with Gasteiger partial charge in [0.15, 0.2) is 25.4 Å². The predicted octanol–water partition coefficient (Wildman–Crippen LogP) is 9.67. The maximum Gasteiger partial charge on any atom is 0.263 e. The second-order valence-electron chi connectivity index (χ2n) is 27.7. The highest BCUT2D eigenvalue weighted by Gasteiger charge is 2.41. The summed E-state index contributed by atoms with van der Waals surface area (Å²) in [5, 5.41) is 48.6. The Balaban J connectivity index is 0.590. The average Bonchev–Trinajstić information content (AvgIpc) is 1.32. The number of anilines is 3. The number of halogens is 3. The van der Waals surface area contributed by atoms with Gasteiger partial charge in [0.05, 0.1) is 96.5 Å². The van der Waals surface area contributed by atoms with E-state index in [1.54, 1.807) is 53.2 Å². The minimum atomic E-state index is -0.982. The Morgan fingerprint density at radius 3 is 1.70 bits per heavy atom. The normalized spacial score (nSPS) is 24.2. The lowest BCUT2D eigenvalue weighted by Crippen LogP contribution is -2.55. The molecule has 6 aliphatic rings. The Bertz CT molecular complexity index is 4500. The second-order valence-corrected chi connectivity index (χ2v) is 28.1. The highest BCUT2D eigenvalue weighted by Crippen LogP contribution is 2.43. The van der Waals surface area contributed by atoms with Crippen molar-refractivity contribution >= 4 is 57.3 Å². The van der Waals surface area contributed by atoms with Crippen molar-refractivity contribution in [1.29, 1.82) is 0 Å². The minimum Gasteiger partial charge on any atom is -0.477 e. The number of para-hydroxylation sites is 6. The van der Waals surface area contributed by atoms with E-state index < -0.39 is 72.3 Å². The summed E-state index contributed by atoms with van der Waals surface area (Å²) in [4.78, 5) is 52.5. The fourth-order valence-corrected chi connectivity index (χ4v) is 15.8. The van der Waals surface area contributed by atoms with Crippen molar-refractivity contribution in [2.75, 3.05) is 34.3 Å². The van der Waals surface area contributed by atoms with E-state index in [9.17, 15) is 29.7 Å². The predicted molar refractivity (Wildman–Crippen MR) is 374 cm³/mol. The fraction of sp³-hybridized carbons (Fsp3) is 0.377. The molecule has 6 aromatic carbocycles. The molecule has 3 aliphatic carbocycles. The van der Waals surface area contributed by atoms with Gasteiger partial charge in [-0.15, -0.1) is 4.68 Å². The number of benzene rings is 6. The molecule has 0 spiro atoms. The smallest absolute Gasteiger partial charge is 0.263 e. The van der Waals surface area contributed by atoms with Crippen molar-refractivity contribution in [2.45, 2.75) is 151 Å². The zero-order chi connectivity index (χ0) is 68.9. The van der Waals surface area contributed by atoms with E-state index in [-0.39, 0.29) is 49.0 Å². The lowest BCUT2D eigenvalue weighted by Gasteiger charge is -2.38. The molecule has 6 N–H and O–H groups in total. The number of amides is 3. The summed E-state index contributed by atoms with van der Waals surface area (Å²) in [6.07, 6.45) is 8.97. The van der Waals surface area contributed by atoms with Crippen LogP contribution in [-0.2, 0) is 48.1 Å². The summed E-state index contributed by atoms with van der Waals surface area (Å²) in [6.45, 7) is 1.38. The van der Waals surface area contributed by atoms with Crippen LogP contribution in [0.1, 0.15) is 98.4 Å². The molecule has 3 aromatic heterocycles.